The molecule has 1 unspecified atom stereocenters. The highest BCUT2D eigenvalue weighted by molar-refractivity contribution is 5.94. The molecule has 5 nitrogen and oxygen atoms in total. The van der Waals surface area contributed by atoms with Crippen molar-refractivity contribution < 1.29 is 76.8 Å². The molecule has 3 N–H and O–H groups in total. The minimum Gasteiger partial charge on any atom is -0.494 e. The maximum Gasteiger partial charge on any atom is 0.460 e. The van der Waals surface area contributed by atoms with E-state index >= 15 is 0 Å². The summed E-state index contributed by atoms with van der Waals surface area (Å²) in [6.45, 7) is -1.43. The lowest BCUT2D eigenvalue weighted by molar-refractivity contribution is -0.440. The van der Waals surface area contributed by atoms with E-state index in [1.165, 1.54) is 24.3 Å². The number of rotatable bonds is 14. The average molecular weight is 585 g/mol. The molecule has 0 heterocycles. The largest absolute Gasteiger partial charge is 0.494 e. The quantitative estimate of drug-likeness (QED) is 0.211. The van der Waals surface area contributed by atoms with Crippen molar-refractivity contribution >= 4 is 5.91 Å². The van der Waals surface area contributed by atoms with Crippen LogP contribution in [0.15, 0.2) is 24.3 Å². The molecular weight excluding hydrogens is 565 g/mol. The highest BCUT2D eigenvalue weighted by Crippen LogP contribution is 2.60. The summed E-state index contributed by atoms with van der Waals surface area (Å²) in [5.41, 5.74) is 0.0539. The molecule has 0 aliphatic rings. The van der Waals surface area contributed by atoms with Gasteiger partial charge < -0.3 is 20.3 Å². The van der Waals surface area contributed by atoms with Gasteiger partial charge in [-0.05, 0) is 37.1 Å². The Kier molecular flexibility index (Phi) is 10.3. The number of ether oxygens (including phenoxy) is 1. The number of nitrogens with one attached hydrogen (secondary N) is 1. The lowest BCUT2D eigenvalue weighted by Gasteiger charge is -2.39. The molecule has 0 aliphatic carbocycles. The van der Waals surface area contributed by atoms with Gasteiger partial charge in [0.25, 0.3) is 5.91 Å². The van der Waals surface area contributed by atoms with Crippen molar-refractivity contribution in [2.24, 2.45) is 0 Å². The number of hydrogen-bond acceptors (Lipinski definition) is 4. The number of hydrogen-bond donors (Lipinski definition) is 3. The van der Waals surface area contributed by atoms with Crippen molar-refractivity contribution in [2.75, 3.05) is 19.8 Å². The van der Waals surface area contributed by atoms with Crippen LogP contribution in [0.25, 0.3) is 0 Å². The summed E-state index contributed by atoms with van der Waals surface area (Å²) in [6, 6.07) is 4.76. The van der Waals surface area contributed by atoms with Gasteiger partial charge in [0.2, 0.25) is 0 Å². The minimum atomic E-state index is -7.92. The molecule has 1 aromatic carbocycles. The summed E-state index contributed by atoms with van der Waals surface area (Å²) in [5, 5.41) is 20.1. The maximum absolute atomic E-state index is 13.7. The Morgan fingerprint density at radius 3 is 1.76 bits per heavy atom. The van der Waals surface area contributed by atoms with Gasteiger partial charge in [0.05, 0.1) is 19.3 Å². The number of carbonyl (C=O) groups excluding carboxylic acids is 1. The predicted octanol–water partition coefficient (Wildman–Crippen LogP) is 5.06. The smallest absolute Gasteiger partial charge is 0.460 e. The molecule has 0 fully saturated rings. The third kappa shape index (κ3) is 6.73. The first-order valence-corrected chi connectivity index (χ1v) is 10.3. The molecule has 38 heavy (non-hydrogen) atoms. The van der Waals surface area contributed by atoms with Gasteiger partial charge in [-0.2, -0.15) is 57.1 Å². The second kappa shape index (κ2) is 11.7. The number of benzene rings is 1. The van der Waals surface area contributed by atoms with Crippen LogP contribution in [0.2, 0.25) is 0 Å². The molecule has 0 aromatic heterocycles. The minimum absolute atomic E-state index is 0.00501. The number of carbonyl (C=O) groups is 1. The Labute approximate surface area is 205 Å². The van der Waals surface area contributed by atoms with Crippen molar-refractivity contribution in [1.29, 1.82) is 0 Å². The normalized spacial score (nSPS) is 14.8. The molecule has 1 atom stereocenters. The second-order valence-corrected chi connectivity index (χ2v) is 7.88. The summed E-state index contributed by atoms with van der Waals surface area (Å²) in [6.07, 6.45) is -12.7. The van der Waals surface area contributed by atoms with Crippen molar-refractivity contribution in [3.05, 3.63) is 29.8 Å². The van der Waals surface area contributed by atoms with E-state index in [1.54, 1.807) is 0 Å². The first kappa shape index (κ1) is 33.5. The lowest BCUT2D eigenvalue weighted by Crippen LogP contribution is -2.70. The second-order valence-electron chi connectivity index (χ2n) is 7.88. The molecule has 0 saturated heterocycles. The average Bonchev–Trinajstić information content (AvgIpc) is 2.81. The highest BCUT2D eigenvalue weighted by Gasteiger charge is 2.90. The molecule has 1 aromatic rings. The fraction of sp³-hybridized carbons (Fsp3) is 0.650. The van der Waals surface area contributed by atoms with Crippen LogP contribution in [-0.2, 0) is 0 Å². The van der Waals surface area contributed by atoms with Crippen LogP contribution < -0.4 is 10.1 Å². The van der Waals surface area contributed by atoms with Gasteiger partial charge in [-0.15, -0.1) is 0 Å². The van der Waals surface area contributed by atoms with Gasteiger partial charge in [0.15, 0.2) is 0 Å². The first-order chi connectivity index (χ1) is 17.1. The predicted molar refractivity (Wildman–Crippen MR) is 102 cm³/mol. The third-order valence-electron chi connectivity index (χ3n) is 4.98. The van der Waals surface area contributed by atoms with Crippen molar-refractivity contribution in [3.8, 4) is 5.75 Å². The molecule has 220 valence electrons. The molecule has 18 heteroatoms. The number of unbranched alkanes of at least 4 members (excludes halogenated alkanes) is 1. The Hall–Kier alpha value is -2.50. The van der Waals surface area contributed by atoms with Crippen LogP contribution in [0.4, 0.5) is 57.1 Å². The SMILES string of the molecule is O=C(NCC(O)CO)c1ccc(OCCCCC(F)(F)C(F)(F)C(F)(F)C(F)(F)C(F)(F)C(F)(F)F)cc1. The maximum atomic E-state index is 13.7. The molecule has 0 spiro atoms. The van der Waals surface area contributed by atoms with Crippen LogP contribution in [0.1, 0.15) is 29.6 Å². The summed E-state index contributed by atoms with van der Waals surface area (Å²) in [7, 11) is 0. The van der Waals surface area contributed by atoms with E-state index in [0.29, 0.717) is 0 Å². The van der Waals surface area contributed by atoms with E-state index in [-0.39, 0.29) is 17.9 Å². The van der Waals surface area contributed by atoms with E-state index in [1.807, 2.05) is 0 Å². The Morgan fingerprint density at radius 1 is 0.789 bits per heavy atom. The lowest BCUT2D eigenvalue weighted by atomic mass is 9.92. The van der Waals surface area contributed by atoms with Gasteiger partial charge in [-0.3, -0.25) is 4.79 Å². The molecular formula is C20H20F13NO4. The number of alkyl halides is 13. The van der Waals surface area contributed by atoms with Gasteiger partial charge in [-0.25, -0.2) is 0 Å². The monoisotopic (exact) mass is 585 g/mol. The Morgan fingerprint density at radius 2 is 1.29 bits per heavy atom. The van der Waals surface area contributed by atoms with Crippen LogP contribution in [-0.4, -0.2) is 77.8 Å². The topological polar surface area (TPSA) is 78.8 Å². The summed E-state index contributed by atoms with van der Waals surface area (Å²) >= 11 is 0. The Balaban J connectivity index is 2.73. The number of amides is 1. The standard InChI is InChI=1S/C20H20F13NO4/c21-15(22,16(23,24)17(25,26)18(27,28)19(29,30)20(31,32)33)7-1-2-8-38-13-5-3-11(4-6-13)14(37)34-9-12(36)10-35/h3-6,12,35-36H,1-2,7-10H2,(H,34,37). The number of halogens is 13. The van der Waals surface area contributed by atoms with Gasteiger partial charge in [0.1, 0.15) is 5.75 Å². The summed E-state index contributed by atoms with van der Waals surface area (Å²) in [4.78, 5) is 11.8. The zero-order valence-corrected chi connectivity index (χ0v) is 18.8. The fourth-order valence-corrected chi connectivity index (χ4v) is 2.68. The number of aliphatic hydroxyl groups excluding tert-OH is 2. The van der Waals surface area contributed by atoms with Gasteiger partial charge in [-0.1, -0.05) is 0 Å². The molecule has 1 amide bonds. The van der Waals surface area contributed by atoms with E-state index in [4.69, 9.17) is 14.9 Å². The van der Waals surface area contributed by atoms with Gasteiger partial charge in [0, 0.05) is 18.5 Å². The molecule has 0 bridgehead atoms. The van der Waals surface area contributed by atoms with E-state index in [9.17, 15) is 61.9 Å². The molecule has 0 saturated carbocycles. The van der Waals surface area contributed by atoms with Gasteiger partial charge >= 0.3 is 35.8 Å². The fourth-order valence-electron chi connectivity index (χ4n) is 2.68. The van der Waals surface area contributed by atoms with Crippen LogP contribution in [0.3, 0.4) is 0 Å². The zero-order chi connectivity index (χ0) is 29.8. The molecule has 0 aliphatic heterocycles. The van der Waals surface area contributed by atoms with E-state index < -0.39 is 80.3 Å². The van der Waals surface area contributed by atoms with E-state index in [2.05, 4.69) is 5.32 Å². The van der Waals surface area contributed by atoms with E-state index in [0.717, 1.165) is 0 Å². The molecule has 1 rings (SSSR count). The first-order valence-electron chi connectivity index (χ1n) is 10.3. The van der Waals surface area contributed by atoms with Crippen LogP contribution >= 0.6 is 0 Å². The zero-order valence-electron chi connectivity index (χ0n) is 18.8. The summed E-state index contributed by atoms with van der Waals surface area (Å²) < 4.78 is 175. The van der Waals surface area contributed by atoms with Crippen molar-refractivity contribution in [2.45, 2.75) is 61.2 Å². The van der Waals surface area contributed by atoms with Crippen molar-refractivity contribution in [1.82, 2.24) is 5.32 Å². The Bertz CT molecular complexity index is 920. The molecule has 0 radical (unpaired) electrons. The number of aliphatic hydroxyl groups is 2. The van der Waals surface area contributed by atoms with Crippen molar-refractivity contribution in [3.63, 3.8) is 0 Å². The van der Waals surface area contributed by atoms with Crippen LogP contribution in [0.5, 0.6) is 5.75 Å². The highest BCUT2D eigenvalue weighted by atomic mass is 19.4. The summed E-state index contributed by atoms with van der Waals surface area (Å²) in [5.74, 6) is -37.6. The third-order valence-corrected chi connectivity index (χ3v) is 4.98. The van der Waals surface area contributed by atoms with Crippen LogP contribution in [0, 0.1) is 0 Å².